The zero-order valence-corrected chi connectivity index (χ0v) is 11.9. The lowest BCUT2D eigenvalue weighted by atomic mass is 10.1. The fourth-order valence-electron chi connectivity index (χ4n) is 2.49. The molecule has 0 saturated heterocycles. The number of benzene rings is 1. The molecule has 0 fully saturated rings. The standard InChI is InChI=1S/C15H18N4O2/c1-21-13-5-3-2-4-12(13)18-15-17-11-7-9-16-8-6-10(11)14(20)19-15/h2-5,16H,6-9H2,1H3,(H2,17,18,19,20). The van der Waals surface area contributed by atoms with E-state index in [1.807, 2.05) is 24.3 Å². The highest BCUT2D eigenvalue weighted by molar-refractivity contribution is 5.62. The Balaban J connectivity index is 1.95. The van der Waals surface area contributed by atoms with E-state index in [0.29, 0.717) is 18.1 Å². The summed E-state index contributed by atoms with van der Waals surface area (Å²) < 4.78 is 5.29. The van der Waals surface area contributed by atoms with Crippen LogP contribution in [0.5, 0.6) is 5.75 Å². The molecule has 0 amide bonds. The van der Waals surface area contributed by atoms with E-state index >= 15 is 0 Å². The largest absolute Gasteiger partial charge is 0.495 e. The second-order valence-corrected chi connectivity index (χ2v) is 4.92. The van der Waals surface area contributed by atoms with Crippen LogP contribution in [0.3, 0.4) is 0 Å². The third kappa shape index (κ3) is 2.90. The molecule has 0 saturated carbocycles. The Bertz CT molecular complexity index is 696. The van der Waals surface area contributed by atoms with Crippen LogP contribution in [0.25, 0.3) is 0 Å². The third-order valence-electron chi connectivity index (χ3n) is 3.55. The summed E-state index contributed by atoms with van der Waals surface area (Å²) in [5.41, 5.74) is 2.35. The van der Waals surface area contributed by atoms with Gasteiger partial charge in [-0.25, -0.2) is 4.98 Å². The minimum absolute atomic E-state index is 0.0684. The molecule has 1 aliphatic rings. The van der Waals surface area contributed by atoms with Crippen LogP contribution in [-0.2, 0) is 12.8 Å². The van der Waals surface area contributed by atoms with Gasteiger partial charge in [0.25, 0.3) is 5.56 Å². The molecule has 0 spiro atoms. The quantitative estimate of drug-likeness (QED) is 0.790. The summed E-state index contributed by atoms with van der Waals surface area (Å²) >= 11 is 0. The molecule has 2 heterocycles. The zero-order valence-electron chi connectivity index (χ0n) is 11.9. The highest BCUT2D eigenvalue weighted by Crippen LogP contribution is 2.25. The Morgan fingerprint density at radius 2 is 2.05 bits per heavy atom. The fraction of sp³-hybridized carbons (Fsp3) is 0.333. The van der Waals surface area contributed by atoms with Crippen LogP contribution < -0.4 is 20.9 Å². The molecule has 0 bridgehead atoms. The molecule has 0 unspecified atom stereocenters. The first-order valence-corrected chi connectivity index (χ1v) is 7.01. The molecule has 6 nitrogen and oxygen atoms in total. The Morgan fingerprint density at radius 3 is 2.90 bits per heavy atom. The number of methoxy groups -OCH3 is 1. The Kier molecular flexibility index (Phi) is 3.87. The summed E-state index contributed by atoms with van der Waals surface area (Å²) in [5.74, 6) is 1.15. The molecule has 0 atom stereocenters. The first-order valence-electron chi connectivity index (χ1n) is 7.01. The van der Waals surface area contributed by atoms with E-state index in [-0.39, 0.29) is 5.56 Å². The summed E-state index contributed by atoms with van der Waals surface area (Å²) in [4.78, 5) is 19.5. The molecule has 2 aromatic rings. The third-order valence-corrected chi connectivity index (χ3v) is 3.55. The highest BCUT2D eigenvalue weighted by Gasteiger charge is 2.14. The van der Waals surface area contributed by atoms with Crippen molar-refractivity contribution in [2.45, 2.75) is 12.8 Å². The number of nitrogens with one attached hydrogen (secondary N) is 3. The van der Waals surface area contributed by atoms with Crippen molar-refractivity contribution in [2.24, 2.45) is 0 Å². The topological polar surface area (TPSA) is 79.0 Å². The zero-order chi connectivity index (χ0) is 14.7. The molecular formula is C15H18N4O2. The maximum Gasteiger partial charge on any atom is 0.255 e. The van der Waals surface area contributed by atoms with Crippen molar-refractivity contribution >= 4 is 11.6 Å². The summed E-state index contributed by atoms with van der Waals surface area (Å²) in [6, 6.07) is 7.53. The van der Waals surface area contributed by atoms with Crippen molar-refractivity contribution in [2.75, 3.05) is 25.5 Å². The van der Waals surface area contributed by atoms with Crippen LogP contribution in [0.15, 0.2) is 29.1 Å². The Hall–Kier alpha value is -2.34. The van der Waals surface area contributed by atoms with Crippen LogP contribution in [0.2, 0.25) is 0 Å². The predicted octanol–water partition coefficient (Wildman–Crippen LogP) is 1.21. The van der Waals surface area contributed by atoms with Gasteiger partial charge in [0.15, 0.2) is 0 Å². The molecule has 0 aliphatic carbocycles. The molecule has 1 aliphatic heterocycles. The lowest BCUT2D eigenvalue weighted by molar-refractivity contribution is 0.417. The first kappa shape index (κ1) is 13.6. The Morgan fingerprint density at radius 1 is 1.24 bits per heavy atom. The van der Waals surface area contributed by atoms with E-state index in [1.165, 1.54) is 0 Å². The average molecular weight is 286 g/mol. The number of hydrogen-bond acceptors (Lipinski definition) is 5. The lowest BCUT2D eigenvalue weighted by Gasteiger charge is -2.11. The SMILES string of the molecule is COc1ccccc1Nc1nc2c(c(=O)[nH]1)CCNCC2. The number of anilines is 2. The normalized spacial score (nSPS) is 14.1. The van der Waals surface area contributed by atoms with Gasteiger partial charge in [-0.15, -0.1) is 0 Å². The Labute approximate surface area is 122 Å². The van der Waals surface area contributed by atoms with Gasteiger partial charge in [-0.05, 0) is 25.1 Å². The number of hydrogen-bond donors (Lipinski definition) is 3. The minimum atomic E-state index is -0.0684. The van der Waals surface area contributed by atoms with Gasteiger partial charge < -0.3 is 15.4 Å². The van der Waals surface area contributed by atoms with E-state index in [1.54, 1.807) is 7.11 Å². The minimum Gasteiger partial charge on any atom is -0.495 e. The molecular weight excluding hydrogens is 268 g/mol. The van der Waals surface area contributed by atoms with Gasteiger partial charge in [0.1, 0.15) is 5.75 Å². The molecule has 0 radical (unpaired) electrons. The second kappa shape index (κ2) is 5.97. The number of fused-ring (bicyclic) bond motifs is 1. The molecule has 1 aromatic carbocycles. The molecule has 1 aromatic heterocycles. The number of ether oxygens (including phenoxy) is 1. The van der Waals surface area contributed by atoms with Gasteiger partial charge in [0.05, 0.1) is 18.5 Å². The van der Waals surface area contributed by atoms with Gasteiger partial charge in [0.2, 0.25) is 5.95 Å². The number of aromatic nitrogens is 2. The van der Waals surface area contributed by atoms with Gasteiger partial charge in [-0.1, -0.05) is 12.1 Å². The van der Waals surface area contributed by atoms with Crippen molar-refractivity contribution < 1.29 is 4.74 Å². The number of para-hydroxylation sites is 2. The van der Waals surface area contributed by atoms with Crippen molar-refractivity contribution in [3.05, 3.63) is 45.9 Å². The summed E-state index contributed by atoms with van der Waals surface area (Å²) in [7, 11) is 1.61. The molecule has 3 rings (SSSR count). The van der Waals surface area contributed by atoms with Gasteiger partial charge in [-0.3, -0.25) is 9.78 Å². The second-order valence-electron chi connectivity index (χ2n) is 4.92. The van der Waals surface area contributed by atoms with E-state index in [2.05, 4.69) is 20.6 Å². The summed E-state index contributed by atoms with van der Waals surface area (Å²) in [6.45, 7) is 1.66. The van der Waals surface area contributed by atoms with Crippen LogP contribution >= 0.6 is 0 Å². The summed E-state index contributed by atoms with van der Waals surface area (Å²) in [5, 5.41) is 6.40. The van der Waals surface area contributed by atoms with Crippen LogP contribution in [0, 0.1) is 0 Å². The first-order chi connectivity index (χ1) is 10.3. The van der Waals surface area contributed by atoms with Crippen molar-refractivity contribution in [3.8, 4) is 5.75 Å². The molecule has 3 N–H and O–H groups in total. The predicted molar refractivity (Wildman–Crippen MR) is 81.4 cm³/mol. The lowest BCUT2D eigenvalue weighted by Crippen LogP contribution is -2.20. The summed E-state index contributed by atoms with van der Waals surface area (Å²) in [6.07, 6.45) is 1.48. The number of aromatic amines is 1. The van der Waals surface area contributed by atoms with Crippen molar-refractivity contribution in [1.82, 2.24) is 15.3 Å². The monoisotopic (exact) mass is 286 g/mol. The maximum absolute atomic E-state index is 12.2. The van der Waals surface area contributed by atoms with Crippen LogP contribution in [0.1, 0.15) is 11.3 Å². The highest BCUT2D eigenvalue weighted by atomic mass is 16.5. The number of nitrogens with zero attached hydrogens (tertiary/aromatic N) is 1. The van der Waals surface area contributed by atoms with Gasteiger partial charge in [-0.2, -0.15) is 0 Å². The van der Waals surface area contributed by atoms with Crippen molar-refractivity contribution in [3.63, 3.8) is 0 Å². The number of rotatable bonds is 3. The smallest absolute Gasteiger partial charge is 0.255 e. The number of H-pyrrole nitrogens is 1. The van der Waals surface area contributed by atoms with E-state index in [9.17, 15) is 4.79 Å². The van der Waals surface area contributed by atoms with E-state index in [0.717, 1.165) is 36.5 Å². The fourth-order valence-corrected chi connectivity index (χ4v) is 2.49. The van der Waals surface area contributed by atoms with Gasteiger partial charge >= 0.3 is 0 Å². The van der Waals surface area contributed by atoms with E-state index < -0.39 is 0 Å². The van der Waals surface area contributed by atoms with Crippen LogP contribution in [0.4, 0.5) is 11.6 Å². The molecule has 110 valence electrons. The van der Waals surface area contributed by atoms with Gasteiger partial charge in [0, 0.05) is 18.5 Å². The van der Waals surface area contributed by atoms with Crippen molar-refractivity contribution in [1.29, 1.82) is 0 Å². The van der Waals surface area contributed by atoms with E-state index in [4.69, 9.17) is 4.74 Å². The average Bonchev–Trinajstić information content (AvgIpc) is 2.73. The molecule has 21 heavy (non-hydrogen) atoms. The molecule has 6 heteroatoms. The van der Waals surface area contributed by atoms with Crippen LogP contribution in [-0.4, -0.2) is 30.2 Å². The maximum atomic E-state index is 12.2.